The standard InChI is InChI=1S/C14H21ClN2O2/c1-10(2)17-9-11-12(15)5-4-6-13(11)19-8-7-14(18)16-3/h4-6,10,17H,7-9H2,1-3H3,(H,16,18). The molecule has 0 aliphatic heterocycles. The first-order chi connectivity index (χ1) is 9.04. The number of hydrogen-bond acceptors (Lipinski definition) is 3. The number of amides is 1. The second kappa shape index (κ2) is 8.02. The Bertz CT molecular complexity index is 422. The predicted molar refractivity (Wildman–Crippen MR) is 77.6 cm³/mol. The average molecular weight is 285 g/mol. The summed E-state index contributed by atoms with van der Waals surface area (Å²) in [6.07, 6.45) is 0.333. The molecule has 0 saturated carbocycles. The van der Waals surface area contributed by atoms with E-state index in [1.54, 1.807) is 7.05 Å². The number of hydrogen-bond donors (Lipinski definition) is 2. The van der Waals surface area contributed by atoms with Crippen LogP contribution in [0.2, 0.25) is 5.02 Å². The molecule has 0 fully saturated rings. The fourth-order valence-corrected chi connectivity index (χ4v) is 1.76. The van der Waals surface area contributed by atoms with Gasteiger partial charge in [0.15, 0.2) is 0 Å². The smallest absolute Gasteiger partial charge is 0.223 e. The van der Waals surface area contributed by atoms with Crippen molar-refractivity contribution < 1.29 is 9.53 Å². The van der Waals surface area contributed by atoms with Gasteiger partial charge in [0.1, 0.15) is 5.75 Å². The molecule has 1 rings (SSSR count). The Morgan fingerprint density at radius 1 is 1.42 bits per heavy atom. The van der Waals surface area contributed by atoms with Crippen molar-refractivity contribution in [2.24, 2.45) is 0 Å². The van der Waals surface area contributed by atoms with Crippen LogP contribution in [0, 0.1) is 0 Å². The zero-order valence-electron chi connectivity index (χ0n) is 11.6. The highest BCUT2D eigenvalue weighted by Crippen LogP contribution is 2.26. The van der Waals surface area contributed by atoms with Crippen LogP contribution in [-0.2, 0) is 11.3 Å². The normalized spacial score (nSPS) is 10.6. The van der Waals surface area contributed by atoms with Crippen LogP contribution in [0.25, 0.3) is 0 Å². The summed E-state index contributed by atoms with van der Waals surface area (Å²) >= 11 is 6.18. The molecular weight excluding hydrogens is 264 g/mol. The van der Waals surface area contributed by atoms with Crippen LogP contribution in [-0.4, -0.2) is 25.6 Å². The summed E-state index contributed by atoms with van der Waals surface area (Å²) < 4.78 is 5.64. The van der Waals surface area contributed by atoms with Gasteiger partial charge in [-0.3, -0.25) is 4.79 Å². The van der Waals surface area contributed by atoms with Gasteiger partial charge in [-0.15, -0.1) is 0 Å². The third-order valence-electron chi connectivity index (χ3n) is 2.63. The maximum atomic E-state index is 11.1. The maximum Gasteiger partial charge on any atom is 0.223 e. The lowest BCUT2D eigenvalue weighted by atomic mass is 10.2. The van der Waals surface area contributed by atoms with E-state index in [2.05, 4.69) is 24.5 Å². The lowest BCUT2D eigenvalue weighted by Crippen LogP contribution is -2.23. The summed E-state index contributed by atoms with van der Waals surface area (Å²) in [7, 11) is 1.61. The van der Waals surface area contributed by atoms with E-state index in [-0.39, 0.29) is 5.91 Å². The molecule has 0 bridgehead atoms. The van der Waals surface area contributed by atoms with Gasteiger partial charge in [0.25, 0.3) is 0 Å². The summed E-state index contributed by atoms with van der Waals surface area (Å²) in [6, 6.07) is 5.92. The molecule has 19 heavy (non-hydrogen) atoms. The predicted octanol–water partition coefficient (Wildman–Crippen LogP) is 2.35. The van der Waals surface area contributed by atoms with E-state index in [0.29, 0.717) is 30.6 Å². The zero-order valence-corrected chi connectivity index (χ0v) is 12.4. The zero-order chi connectivity index (χ0) is 14.3. The summed E-state index contributed by atoms with van der Waals surface area (Å²) in [5.74, 6) is 0.688. The third kappa shape index (κ3) is 5.49. The molecule has 0 aliphatic carbocycles. The fourth-order valence-electron chi connectivity index (χ4n) is 1.53. The Morgan fingerprint density at radius 3 is 2.79 bits per heavy atom. The molecule has 106 valence electrons. The number of carbonyl (C=O) groups excluding carboxylic acids is 1. The Hall–Kier alpha value is -1.26. The maximum absolute atomic E-state index is 11.1. The van der Waals surface area contributed by atoms with Crippen LogP contribution in [0.5, 0.6) is 5.75 Å². The highest BCUT2D eigenvalue weighted by Gasteiger charge is 2.09. The second-order valence-electron chi connectivity index (χ2n) is 4.52. The van der Waals surface area contributed by atoms with Gasteiger partial charge in [-0.2, -0.15) is 0 Å². The lowest BCUT2D eigenvalue weighted by Gasteiger charge is -2.15. The minimum absolute atomic E-state index is 0.0381. The molecule has 1 aromatic rings. The van der Waals surface area contributed by atoms with Crippen LogP contribution in [0.1, 0.15) is 25.8 Å². The van der Waals surface area contributed by atoms with Gasteiger partial charge < -0.3 is 15.4 Å². The van der Waals surface area contributed by atoms with Crippen molar-refractivity contribution in [3.05, 3.63) is 28.8 Å². The molecule has 1 aromatic carbocycles. The summed E-state index contributed by atoms with van der Waals surface area (Å²) in [4.78, 5) is 11.1. The SMILES string of the molecule is CNC(=O)CCOc1cccc(Cl)c1CNC(C)C. The fraction of sp³-hybridized carbons (Fsp3) is 0.500. The van der Waals surface area contributed by atoms with E-state index in [9.17, 15) is 4.79 Å². The topological polar surface area (TPSA) is 50.4 Å². The van der Waals surface area contributed by atoms with Crippen molar-refractivity contribution in [2.75, 3.05) is 13.7 Å². The number of nitrogens with one attached hydrogen (secondary N) is 2. The van der Waals surface area contributed by atoms with Crippen molar-refractivity contribution in [1.82, 2.24) is 10.6 Å². The average Bonchev–Trinajstić information content (AvgIpc) is 2.37. The first-order valence-corrected chi connectivity index (χ1v) is 6.76. The summed E-state index contributed by atoms with van der Waals surface area (Å²) in [5.41, 5.74) is 0.926. The van der Waals surface area contributed by atoms with Crippen molar-refractivity contribution in [3.8, 4) is 5.75 Å². The largest absolute Gasteiger partial charge is 0.493 e. The molecule has 0 aliphatic rings. The van der Waals surface area contributed by atoms with Gasteiger partial charge in [-0.05, 0) is 12.1 Å². The minimum atomic E-state index is -0.0381. The van der Waals surface area contributed by atoms with E-state index >= 15 is 0 Å². The number of carbonyl (C=O) groups is 1. The highest BCUT2D eigenvalue weighted by atomic mass is 35.5. The number of rotatable bonds is 7. The van der Waals surface area contributed by atoms with E-state index in [0.717, 1.165) is 11.3 Å². The molecule has 1 amide bonds. The van der Waals surface area contributed by atoms with Crippen LogP contribution in [0.3, 0.4) is 0 Å². The second-order valence-corrected chi connectivity index (χ2v) is 4.93. The molecule has 5 heteroatoms. The molecule has 0 atom stereocenters. The third-order valence-corrected chi connectivity index (χ3v) is 2.98. The Morgan fingerprint density at radius 2 is 2.16 bits per heavy atom. The quantitative estimate of drug-likeness (QED) is 0.808. The highest BCUT2D eigenvalue weighted by molar-refractivity contribution is 6.31. The van der Waals surface area contributed by atoms with Crippen LogP contribution >= 0.6 is 11.6 Å². The molecule has 4 nitrogen and oxygen atoms in total. The first-order valence-electron chi connectivity index (χ1n) is 6.38. The molecule has 0 aromatic heterocycles. The van der Waals surface area contributed by atoms with E-state index < -0.39 is 0 Å². The van der Waals surface area contributed by atoms with E-state index in [1.165, 1.54) is 0 Å². The molecule has 2 N–H and O–H groups in total. The van der Waals surface area contributed by atoms with Gasteiger partial charge in [-0.25, -0.2) is 0 Å². The lowest BCUT2D eigenvalue weighted by molar-refractivity contribution is -0.121. The minimum Gasteiger partial charge on any atom is -0.493 e. The van der Waals surface area contributed by atoms with Crippen LogP contribution in [0.4, 0.5) is 0 Å². The van der Waals surface area contributed by atoms with Gasteiger partial charge in [0, 0.05) is 30.2 Å². The van der Waals surface area contributed by atoms with Crippen molar-refractivity contribution in [1.29, 1.82) is 0 Å². The van der Waals surface area contributed by atoms with E-state index in [1.807, 2.05) is 18.2 Å². The summed E-state index contributed by atoms with van der Waals surface area (Å²) in [6.45, 7) is 5.13. The Balaban J connectivity index is 2.65. The van der Waals surface area contributed by atoms with Crippen LogP contribution < -0.4 is 15.4 Å². The van der Waals surface area contributed by atoms with Gasteiger partial charge >= 0.3 is 0 Å². The number of halogens is 1. The molecule has 0 heterocycles. The van der Waals surface area contributed by atoms with Crippen LogP contribution in [0.15, 0.2) is 18.2 Å². The number of benzene rings is 1. The van der Waals surface area contributed by atoms with Crippen molar-refractivity contribution in [2.45, 2.75) is 32.9 Å². The number of ether oxygens (including phenoxy) is 1. The van der Waals surface area contributed by atoms with Gasteiger partial charge in [-0.1, -0.05) is 31.5 Å². The van der Waals surface area contributed by atoms with Crippen molar-refractivity contribution >= 4 is 17.5 Å². The van der Waals surface area contributed by atoms with Gasteiger partial charge in [0.2, 0.25) is 5.91 Å². The Labute approximate surface area is 119 Å². The van der Waals surface area contributed by atoms with Gasteiger partial charge in [0.05, 0.1) is 13.0 Å². The molecule has 0 unspecified atom stereocenters. The first kappa shape index (κ1) is 15.8. The molecule has 0 spiro atoms. The molecule has 0 saturated heterocycles. The molecule has 0 radical (unpaired) electrons. The monoisotopic (exact) mass is 284 g/mol. The van der Waals surface area contributed by atoms with E-state index in [4.69, 9.17) is 16.3 Å². The molecular formula is C14H21ClN2O2. The van der Waals surface area contributed by atoms with Crippen molar-refractivity contribution in [3.63, 3.8) is 0 Å². The Kier molecular flexibility index (Phi) is 6.67. The summed E-state index contributed by atoms with van der Waals surface area (Å²) in [5, 5.41) is 6.54.